The van der Waals surface area contributed by atoms with Crippen LogP contribution in [0.5, 0.6) is 5.75 Å². The second kappa shape index (κ2) is 10.6. The molecule has 1 aromatic carbocycles. The molecule has 34 heavy (non-hydrogen) atoms. The van der Waals surface area contributed by atoms with Crippen LogP contribution in [0.25, 0.3) is 0 Å². The molecular formula is C26H41N3O5. The normalized spacial score (nSPS) is 13.7. The number of aromatic amines is 1. The fourth-order valence-corrected chi connectivity index (χ4v) is 3.96. The summed E-state index contributed by atoms with van der Waals surface area (Å²) in [5, 5.41) is 29.4. The zero-order valence-electron chi connectivity index (χ0n) is 21.5. The maximum absolute atomic E-state index is 13.7. The Morgan fingerprint density at radius 1 is 1.09 bits per heavy atom. The van der Waals surface area contributed by atoms with Gasteiger partial charge in [-0.15, -0.1) is 0 Å². The van der Waals surface area contributed by atoms with Crippen molar-refractivity contribution in [3.8, 4) is 5.75 Å². The van der Waals surface area contributed by atoms with Gasteiger partial charge in [0.1, 0.15) is 12.4 Å². The molecule has 0 unspecified atom stereocenters. The van der Waals surface area contributed by atoms with Crippen molar-refractivity contribution in [2.75, 3.05) is 26.4 Å². The van der Waals surface area contributed by atoms with Crippen LogP contribution in [0.1, 0.15) is 74.3 Å². The minimum Gasteiger partial charge on any atom is -0.492 e. The number of hydrogen-bond acceptors (Lipinski definition) is 7. The third-order valence-electron chi connectivity index (χ3n) is 6.14. The number of nitrogens with two attached hydrogens (primary N) is 1. The van der Waals surface area contributed by atoms with Crippen molar-refractivity contribution in [3.63, 3.8) is 0 Å². The van der Waals surface area contributed by atoms with Gasteiger partial charge in [0.15, 0.2) is 5.78 Å². The topological polar surface area (TPSA) is 142 Å². The highest BCUT2D eigenvalue weighted by molar-refractivity contribution is 6.03. The molecule has 2 rings (SSSR count). The van der Waals surface area contributed by atoms with Gasteiger partial charge in [0, 0.05) is 35.0 Å². The smallest absolute Gasteiger partial charge is 0.180 e. The van der Waals surface area contributed by atoms with Gasteiger partial charge in [0.05, 0.1) is 37.6 Å². The van der Waals surface area contributed by atoms with E-state index in [0.29, 0.717) is 17.7 Å². The van der Waals surface area contributed by atoms with Gasteiger partial charge in [0.25, 0.3) is 0 Å². The molecule has 1 heterocycles. The van der Waals surface area contributed by atoms with Gasteiger partial charge in [0.2, 0.25) is 0 Å². The maximum Gasteiger partial charge on any atom is 0.180 e. The lowest BCUT2D eigenvalue weighted by atomic mass is 9.74. The molecular weight excluding hydrogens is 434 g/mol. The fourth-order valence-electron chi connectivity index (χ4n) is 3.96. The third-order valence-corrected chi connectivity index (χ3v) is 6.14. The molecule has 0 aliphatic carbocycles. The summed E-state index contributed by atoms with van der Waals surface area (Å²) in [6.45, 7) is 12.7. The quantitative estimate of drug-likeness (QED) is 0.332. The van der Waals surface area contributed by atoms with E-state index in [0.717, 1.165) is 22.4 Å². The zero-order chi connectivity index (χ0) is 25.9. The fraction of sp³-hybridized carbons (Fsp3) is 0.615. The summed E-state index contributed by atoms with van der Waals surface area (Å²) in [5.74, 6) is 0.336. The molecule has 0 fully saturated rings. The van der Waals surface area contributed by atoms with Crippen LogP contribution in [0.4, 0.5) is 0 Å². The Kier molecular flexibility index (Phi) is 8.69. The molecule has 8 nitrogen and oxygen atoms in total. The second-order valence-corrected chi connectivity index (χ2v) is 11.3. The Labute approximate surface area is 202 Å². The van der Waals surface area contributed by atoms with Crippen molar-refractivity contribution in [2.24, 2.45) is 11.1 Å². The minimum absolute atomic E-state index is 0.112. The maximum atomic E-state index is 13.7. The number of ether oxygens (including phenoxy) is 1. The van der Waals surface area contributed by atoms with E-state index in [4.69, 9.17) is 10.5 Å². The molecule has 1 atom stereocenters. The average Bonchev–Trinajstić information content (AvgIpc) is 3.26. The molecule has 1 aromatic heterocycles. The predicted octanol–water partition coefficient (Wildman–Crippen LogP) is 2.41. The van der Waals surface area contributed by atoms with Crippen molar-refractivity contribution in [3.05, 3.63) is 46.5 Å². The van der Waals surface area contributed by atoms with Crippen LogP contribution in [0.2, 0.25) is 0 Å². The van der Waals surface area contributed by atoms with Crippen LogP contribution >= 0.6 is 0 Å². The molecule has 0 radical (unpaired) electrons. The molecule has 0 aliphatic heterocycles. The second-order valence-electron chi connectivity index (χ2n) is 11.3. The largest absolute Gasteiger partial charge is 0.492 e. The summed E-state index contributed by atoms with van der Waals surface area (Å²) in [7, 11) is 0. The van der Waals surface area contributed by atoms with E-state index in [1.165, 1.54) is 0 Å². The molecule has 0 aliphatic rings. The first kappa shape index (κ1) is 28.0. The number of nitrogens with one attached hydrogen (secondary N) is 1. The highest BCUT2D eigenvalue weighted by Crippen LogP contribution is 2.44. The molecule has 190 valence electrons. The van der Waals surface area contributed by atoms with Crippen LogP contribution in [0.15, 0.2) is 18.6 Å². The number of aliphatic hydroxyl groups is 3. The Balaban J connectivity index is 2.71. The van der Waals surface area contributed by atoms with Gasteiger partial charge in [-0.2, -0.15) is 0 Å². The number of rotatable bonds is 10. The molecule has 0 saturated heterocycles. The lowest BCUT2D eigenvalue weighted by Gasteiger charge is -2.35. The summed E-state index contributed by atoms with van der Waals surface area (Å²) in [4.78, 5) is 20.7. The van der Waals surface area contributed by atoms with Gasteiger partial charge < -0.3 is 30.8 Å². The summed E-state index contributed by atoms with van der Waals surface area (Å²) in [5.41, 5.74) is 8.08. The van der Waals surface area contributed by atoms with E-state index in [9.17, 15) is 20.1 Å². The first-order chi connectivity index (χ1) is 15.7. The molecule has 0 bridgehead atoms. The number of aryl methyl sites for hydroxylation is 1. The number of Topliss-reactive ketones (excluding diaryl/α,β-unsaturated/α-hetero) is 1. The highest BCUT2D eigenvalue weighted by Gasteiger charge is 2.36. The van der Waals surface area contributed by atoms with Gasteiger partial charge >= 0.3 is 0 Å². The lowest BCUT2D eigenvalue weighted by Crippen LogP contribution is -2.40. The first-order valence-corrected chi connectivity index (χ1v) is 11.6. The number of H-pyrrole nitrogens is 1. The van der Waals surface area contributed by atoms with Crippen LogP contribution in [-0.4, -0.2) is 63.5 Å². The highest BCUT2D eigenvalue weighted by atomic mass is 16.5. The van der Waals surface area contributed by atoms with Crippen LogP contribution in [0.3, 0.4) is 0 Å². The lowest BCUT2D eigenvalue weighted by molar-refractivity contribution is -0.0265. The van der Waals surface area contributed by atoms with E-state index in [1.807, 2.05) is 33.8 Å². The van der Waals surface area contributed by atoms with Crippen molar-refractivity contribution in [1.29, 1.82) is 0 Å². The van der Waals surface area contributed by atoms with E-state index in [-0.39, 0.29) is 17.8 Å². The molecule has 0 spiro atoms. The number of benzene rings is 1. The Morgan fingerprint density at radius 3 is 2.12 bits per heavy atom. The monoisotopic (exact) mass is 475 g/mol. The summed E-state index contributed by atoms with van der Waals surface area (Å²) in [6.07, 6.45) is 3.53. The summed E-state index contributed by atoms with van der Waals surface area (Å²) in [6, 6.07) is 1.18. The Hall–Kier alpha value is -2.26. The standard InChI is InChI=1S/C26H41N3O5/c1-16-8-18(24(2,3)4)23(34-14-26(11-30,12-31)13-32)21(25(5,6)7)20(16)22(33)19(27)9-17-10-28-15-29-17/h8,10,15,19,30-32H,9,11-14,27H2,1-7H3,(H,28,29)/t19-/m0/s1. The van der Waals surface area contributed by atoms with E-state index < -0.39 is 36.7 Å². The number of nitrogens with zero attached hydrogens (tertiary/aromatic N) is 1. The number of hydrogen-bond donors (Lipinski definition) is 5. The van der Waals surface area contributed by atoms with Gasteiger partial charge in [-0.3, -0.25) is 4.79 Å². The SMILES string of the molecule is Cc1cc(C(C)(C)C)c(OCC(CO)(CO)CO)c(C(C)(C)C)c1C(=O)[C@@H](N)Cc1cnc[nH]1. The number of ketones is 1. The number of imidazole rings is 1. The van der Waals surface area contributed by atoms with Crippen molar-refractivity contribution in [1.82, 2.24) is 9.97 Å². The zero-order valence-corrected chi connectivity index (χ0v) is 21.5. The van der Waals surface area contributed by atoms with Crippen molar-refractivity contribution < 1.29 is 24.9 Å². The van der Waals surface area contributed by atoms with E-state index in [1.54, 1.807) is 12.5 Å². The Bertz CT molecular complexity index is 960. The first-order valence-electron chi connectivity index (χ1n) is 11.6. The van der Waals surface area contributed by atoms with Crippen LogP contribution in [-0.2, 0) is 17.3 Å². The van der Waals surface area contributed by atoms with Crippen LogP contribution < -0.4 is 10.5 Å². The van der Waals surface area contributed by atoms with Crippen molar-refractivity contribution >= 4 is 5.78 Å². The van der Waals surface area contributed by atoms with Crippen molar-refractivity contribution in [2.45, 2.75) is 71.8 Å². The molecule has 0 saturated carbocycles. The van der Waals surface area contributed by atoms with Crippen LogP contribution in [0, 0.1) is 12.3 Å². The van der Waals surface area contributed by atoms with Gasteiger partial charge in [-0.05, 0) is 23.3 Å². The number of carbonyl (C=O) groups is 1. The third kappa shape index (κ3) is 6.05. The minimum atomic E-state index is -1.21. The number of aromatic nitrogens is 2. The van der Waals surface area contributed by atoms with Gasteiger partial charge in [-0.1, -0.05) is 47.6 Å². The van der Waals surface area contributed by atoms with E-state index in [2.05, 4.69) is 30.7 Å². The predicted molar refractivity (Wildman–Crippen MR) is 132 cm³/mol. The summed E-state index contributed by atoms with van der Waals surface area (Å²) < 4.78 is 6.30. The average molecular weight is 476 g/mol. The summed E-state index contributed by atoms with van der Waals surface area (Å²) >= 11 is 0. The molecule has 2 aromatic rings. The molecule has 6 N–H and O–H groups in total. The number of carbonyl (C=O) groups excluding carboxylic acids is 1. The molecule has 0 amide bonds. The Morgan fingerprint density at radius 2 is 1.68 bits per heavy atom. The molecule has 8 heteroatoms. The van der Waals surface area contributed by atoms with E-state index >= 15 is 0 Å². The van der Waals surface area contributed by atoms with Gasteiger partial charge in [-0.25, -0.2) is 4.98 Å². The number of aliphatic hydroxyl groups excluding tert-OH is 3.